The molecule has 2 aromatic rings. The average Bonchev–Trinajstić information content (AvgIpc) is 2.38. The van der Waals surface area contributed by atoms with Crippen LogP contribution in [0.15, 0.2) is 47.1 Å². The first kappa shape index (κ1) is 13.5. The summed E-state index contributed by atoms with van der Waals surface area (Å²) in [5.74, 6) is 0. The summed E-state index contributed by atoms with van der Waals surface area (Å²) in [7, 11) is 0. The molecule has 1 atom stereocenters. The van der Waals surface area contributed by atoms with Gasteiger partial charge in [0.1, 0.15) is 0 Å². The van der Waals surface area contributed by atoms with E-state index in [-0.39, 0.29) is 6.04 Å². The minimum atomic E-state index is -0.000671. The van der Waals surface area contributed by atoms with Crippen molar-refractivity contribution in [2.45, 2.75) is 13.0 Å². The van der Waals surface area contributed by atoms with E-state index in [1.165, 1.54) is 0 Å². The van der Waals surface area contributed by atoms with Crippen molar-refractivity contribution >= 4 is 27.5 Å². The van der Waals surface area contributed by atoms with Crippen LogP contribution in [0.4, 0.5) is 0 Å². The van der Waals surface area contributed by atoms with Crippen molar-refractivity contribution in [2.75, 3.05) is 6.54 Å². The second-order valence-corrected chi connectivity index (χ2v) is 5.14. The van der Waals surface area contributed by atoms with Gasteiger partial charge in [0.2, 0.25) is 0 Å². The summed E-state index contributed by atoms with van der Waals surface area (Å²) in [5.41, 5.74) is 1.99. The first-order valence-corrected chi connectivity index (χ1v) is 6.99. The van der Waals surface area contributed by atoms with Crippen LogP contribution in [0.3, 0.4) is 0 Å². The van der Waals surface area contributed by atoms with Crippen LogP contribution in [0.25, 0.3) is 0 Å². The zero-order chi connectivity index (χ0) is 13.0. The molecule has 0 aliphatic rings. The van der Waals surface area contributed by atoms with E-state index in [1.807, 2.05) is 36.4 Å². The van der Waals surface area contributed by atoms with Crippen molar-refractivity contribution in [1.29, 1.82) is 0 Å². The normalized spacial score (nSPS) is 12.4. The highest BCUT2D eigenvalue weighted by Crippen LogP contribution is 2.30. The Bertz CT molecular complexity index is 485. The molecule has 1 heterocycles. The van der Waals surface area contributed by atoms with Gasteiger partial charge in [-0.2, -0.15) is 0 Å². The van der Waals surface area contributed by atoms with Crippen molar-refractivity contribution < 1.29 is 0 Å². The van der Waals surface area contributed by atoms with E-state index in [0.717, 1.165) is 27.3 Å². The molecule has 18 heavy (non-hydrogen) atoms. The third kappa shape index (κ3) is 2.91. The quantitative estimate of drug-likeness (QED) is 0.911. The van der Waals surface area contributed by atoms with Crippen LogP contribution in [0, 0.1) is 0 Å². The number of nitrogens with one attached hydrogen (secondary N) is 1. The molecular formula is C14H14BrClN2. The maximum Gasteiger partial charge on any atom is 0.0777 e. The monoisotopic (exact) mass is 324 g/mol. The topological polar surface area (TPSA) is 24.9 Å². The number of nitrogens with zero attached hydrogens (tertiary/aromatic N) is 1. The molecule has 0 amide bonds. The zero-order valence-corrected chi connectivity index (χ0v) is 12.4. The van der Waals surface area contributed by atoms with Crippen molar-refractivity contribution in [3.8, 4) is 0 Å². The number of benzene rings is 1. The van der Waals surface area contributed by atoms with Gasteiger partial charge in [0, 0.05) is 15.7 Å². The molecule has 0 spiro atoms. The molecular weight excluding hydrogens is 312 g/mol. The van der Waals surface area contributed by atoms with E-state index in [0.29, 0.717) is 0 Å². The number of hydrogen-bond acceptors (Lipinski definition) is 2. The molecule has 94 valence electrons. The van der Waals surface area contributed by atoms with Gasteiger partial charge in [-0.15, -0.1) is 0 Å². The van der Waals surface area contributed by atoms with E-state index >= 15 is 0 Å². The summed E-state index contributed by atoms with van der Waals surface area (Å²) in [4.78, 5) is 4.45. The lowest BCUT2D eigenvalue weighted by atomic mass is 10.0. The fourth-order valence-corrected chi connectivity index (χ4v) is 2.61. The average molecular weight is 326 g/mol. The summed E-state index contributed by atoms with van der Waals surface area (Å²) in [6.45, 7) is 2.92. The Hall–Kier alpha value is -0.900. The smallest absolute Gasteiger partial charge is 0.0777 e. The van der Waals surface area contributed by atoms with E-state index in [9.17, 15) is 0 Å². The lowest BCUT2D eigenvalue weighted by Gasteiger charge is -2.20. The minimum Gasteiger partial charge on any atom is -0.305 e. The number of pyridine rings is 1. The summed E-state index contributed by atoms with van der Waals surface area (Å²) in [6, 6.07) is 11.7. The lowest BCUT2D eigenvalue weighted by molar-refractivity contribution is 0.613. The molecule has 2 rings (SSSR count). The zero-order valence-electron chi connectivity index (χ0n) is 10.0. The Labute approximate surface area is 121 Å². The third-order valence-corrected chi connectivity index (χ3v) is 3.70. The number of hydrogen-bond donors (Lipinski definition) is 1. The molecule has 0 bridgehead atoms. The molecule has 1 unspecified atom stereocenters. The molecule has 1 aromatic carbocycles. The standard InChI is InChI=1S/C14H14BrClN2/c1-2-17-13(10-6-3-4-8-12(10)16)14-11(15)7-5-9-18-14/h3-9,13,17H,2H2,1H3. The molecule has 1 aromatic heterocycles. The summed E-state index contributed by atoms with van der Waals surface area (Å²) in [6.07, 6.45) is 1.79. The van der Waals surface area contributed by atoms with Crippen LogP contribution < -0.4 is 5.32 Å². The van der Waals surface area contributed by atoms with E-state index in [1.54, 1.807) is 6.20 Å². The highest BCUT2D eigenvalue weighted by molar-refractivity contribution is 9.10. The van der Waals surface area contributed by atoms with Gasteiger partial charge in [-0.3, -0.25) is 4.98 Å². The van der Waals surface area contributed by atoms with Crippen molar-refractivity contribution in [2.24, 2.45) is 0 Å². The van der Waals surface area contributed by atoms with Crippen LogP contribution in [-0.4, -0.2) is 11.5 Å². The summed E-state index contributed by atoms with van der Waals surface area (Å²) in [5, 5.41) is 4.17. The molecule has 0 radical (unpaired) electrons. The molecule has 0 saturated heterocycles. The molecule has 1 N–H and O–H groups in total. The second-order valence-electron chi connectivity index (χ2n) is 3.88. The highest BCUT2D eigenvalue weighted by atomic mass is 79.9. The van der Waals surface area contributed by atoms with Gasteiger partial charge >= 0.3 is 0 Å². The Kier molecular flexibility index (Phi) is 4.75. The predicted octanol–water partition coefficient (Wildman–Crippen LogP) is 4.20. The Morgan fingerprint density at radius 2 is 2.06 bits per heavy atom. The third-order valence-electron chi connectivity index (χ3n) is 2.68. The second kappa shape index (κ2) is 6.32. The first-order valence-electron chi connectivity index (χ1n) is 5.82. The molecule has 0 aliphatic carbocycles. The number of aromatic nitrogens is 1. The Morgan fingerprint density at radius 3 is 2.72 bits per heavy atom. The van der Waals surface area contributed by atoms with Crippen LogP contribution in [0.5, 0.6) is 0 Å². The van der Waals surface area contributed by atoms with E-state index in [2.05, 4.69) is 33.2 Å². The maximum atomic E-state index is 6.27. The van der Waals surface area contributed by atoms with Gasteiger partial charge in [0.15, 0.2) is 0 Å². The molecule has 0 aliphatic heterocycles. The fourth-order valence-electron chi connectivity index (χ4n) is 1.88. The van der Waals surface area contributed by atoms with Crippen molar-refractivity contribution in [1.82, 2.24) is 10.3 Å². The summed E-state index contributed by atoms with van der Waals surface area (Å²) < 4.78 is 0.982. The predicted molar refractivity (Wildman–Crippen MR) is 78.9 cm³/mol. The van der Waals surface area contributed by atoms with Crippen molar-refractivity contribution in [3.05, 3.63) is 63.3 Å². The van der Waals surface area contributed by atoms with Gasteiger partial charge in [-0.05, 0) is 46.2 Å². The molecule has 0 saturated carbocycles. The van der Waals surface area contributed by atoms with E-state index < -0.39 is 0 Å². The molecule has 4 heteroatoms. The number of halogens is 2. The number of rotatable bonds is 4. The fraction of sp³-hybridized carbons (Fsp3) is 0.214. The van der Waals surface area contributed by atoms with Gasteiger partial charge in [0.05, 0.1) is 11.7 Å². The van der Waals surface area contributed by atoms with Gasteiger partial charge in [-0.1, -0.05) is 36.7 Å². The Morgan fingerprint density at radius 1 is 1.28 bits per heavy atom. The van der Waals surface area contributed by atoms with Crippen LogP contribution in [0.2, 0.25) is 5.02 Å². The summed E-state index contributed by atoms with van der Waals surface area (Å²) >= 11 is 9.82. The first-order chi connectivity index (χ1) is 8.74. The largest absolute Gasteiger partial charge is 0.305 e. The van der Waals surface area contributed by atoms with Crippen LogP contribution in [0.1, 0.15) is 24.2 Å². The van der Waals surface area contributed by atoms with Gasteiger partial charge in [-0.25, -0.2) is 0 Å². The minimum absolute atomic E-state index is 0.000671. The van der Waals surface area contributed by atoms with Gasteiger partial charge < -0.3 is 5.32 Å². The lowest BCUT2D eigenvalue weighted by Crippen LogP contribution is -2.23. The highest BCUT2D eigenvalue weighted by Gasteiger charge is 2.19. The van der Waals surface area contributed by atoms with E-state index in [4.69, 9.17) is 11.6 Å². The molecule has 0 fully saturated rings. The Balaban J connectivity index is 2.47. The van der Waals surface area contributed by atoms with Crippen LogP contribution in [-0.2, 0) is 0 Å². The maximum absolute atomic E-state index is 6.27. The SMILES string of the molecule is CCNC(c1ccccc1Cl)c1ncccc1Br. The van der Waals surface area contributed by atoms with Crippen LogP contribution >= 0.6 is 27.5 Å². The molecule has 2 nitrogen and oxygen atoms in total. The van der Waals surface area contributed by atoms with Crippen molar-refractivity contribution in [3.63, 3.8) is 0 Å². The van der Waals surface area contributed by atoms with Gasteiger partial charge in [0.25, 0.3) is 0 Å².